The number of ether oxygens (including phenoxy) is 3. The molecule has 0 aromatic carbocycles. The topological polar surface area (TPSA) is 99.1 Å². The Kier molecular flexibility index (Phi) is 9.74. The molecule has 0 radical (unpaired) electrons. The summed E-state index contributed by atoms with van der Waals surface area (Å²) < 4.78 is 38.8. The number of hydrogen-bond acceptors (Lipinski definition) is 6. The zero-order valence-corrected chi connectivity index (χ0v) is 13.0. The first-order valence-corrected chi connectivity index (χ1v) is 8.13. The SMILES string of the molecule is COCCOCCOCCS(=O)(=O)C(C(=O)O)C(C)C. The average Bonchev–Trinajstić information content (AvgIpc) is 2.30. The summed E-state index contributed by atoms with van der Waals surface area (Å²) in [6.45, 7) is 4.65. The number of carbonyl (C=O) groups is 1. The van der Waals surface area contributed by atoms with E-state index in [0.29, 0.717) is 19.8 Å². The molecule has 0 heterocycles. The fraction of sp³-hybridized carbons (Fsp3) is 0.917. The van der Waals surface area contributed by atoms with Crippen LogP contribution in [0.1, 0.15) is 13.8 Å². The number of methoxy groups -OCH3 is 1. The van der Waals surface area contributed by atoms with Crippen LogP contribution in [-0.4, -0.2) is 70.6 Å². The molecule has 0 rings (SSSR count). The van der Waals surface area contributed by atoms with Crippen LogP contribution in [0.25, 0.3) is 0 Å². The van der Waals surface area contributed by atoms with E-state index in [1.807, 2.05) is 0 Å². The van der Waals surface area contributed by atoms with E-state index in [4.69, 9.17) is 19.3 Å². The molecule has 0 fully saturated rings. The van der Waals surface area contributed by atoms with Crippen molar-refractivity contribution >= 4 is 15.8 Å². The summed E-state index contributed by atoms with van der Waals surface area (Å²) in [6, 6.07) is 0. The summed E-state index contributed by atoms with van der Waals surface area (Å²) in [4.78, 5) is 11.0. The van der Waals surface area contributed by atoms with E-state index in [-0.39, 0.29) is 19.0 Å². The van der Waals surface area contributed by atoms with Crippen molar-refractivity contribution in [2.45, 2.75) is 19.1 Å². The van der Waals surface area contributed by atoms with E-state index in [9.17, 15) is 13.2 Å². The van der Waals surface area contributed by atoms with E-state index in [0.717, 1.165) is 0 Å². The maximum Gasteiger partial charge on any atom is 0.322 e. The van der Waals surface area contributed by atoms with Crippen molar-refractivity contribution < 1.29 is 32.5 Å². The van der Waals surface area contributed by atoms with Crippen molar-refractivity contribution in [2.75, 3.05) is 45.9 Å². The predicted octanol–water partition coefficient (Wildman–Crippen LogP) is 0.190. The number of aliphatic carboxylic acids is 1. The monoisotopic (exact) mass is 312 g/mol. The van der Waals surface area contributed by atoms with Gasteiger partial charge < -0.3 is 19.3 Å². The van der Waals surface area contributed by atoms with E-state index >= 15 is 0 Å². The van der Waals surface area contributed by atoms with E-state index < -0.39 is 27.0 Å². The van der Waals surface area contributed by atoms with E-state index in [1.54, 1.807) is 21.0 Å². The van der Waals surface area contributed by atoms with Crippen molar-refractivity contribution in [3.63, 3.8) is 0 Å². The molecule has 8 heteroatoms. The molecule has 1 atom stereocenters. The Morgan fingerprint density at radius 1 is 1.05 bits per heavy atom. The third kappa shape index (κ3) is 7.78. The molecule has 1 N–H and O–H groups in total. The molecule has 0 spiro atoms. The van der Waals surface area contributed by atoms with Crippen LogP contribution in [0.2, 0.25) is 0 Å². The number of carboxylic acids is 1. The Labute approximate surface area is 120 Å². The Balaban J connectivity index is 3.96. The molecule has 0 aromatic heterocycles. The van der Waals surface area contributed by atoms with Gasteiger partial charge in [-0.25, -0.2) is 8.42 Å². The molecule has 0 amide bonds. The van der Waals surface area contributed by atoms with Crippen LogP contribution in [0.4, 0.5) is 0 Å². The Morgan fingerprint density at radius 3 is 2.00 bits per heavy atom. The fourth-order valence-corrected chi connectivity index (χ4v) is 3.36. The molecule has 0 saturated heterocycles. The van der Waals surface area contributed by atoms with Crippen LogP contribution < -0.4 is 0 Å². The molecule has 0 bridgehead atoms. The van der Waals surface area contributed by atoms with Gasteiger partial charge in [0.15, 0.2) is 15.1 Å². The van der Waals surface area contributed by atoms with Crippen LogP contribution in [-0.2, 0) is 28.8 Å². The van der Waals surface area contributed by atoms with Crippen molar-refractivity contribution in [1.82, 2.24) is 0 Å². The smallest absolute Gasteiger partial charge is 0.322 e. The molecule has 0 aliphatic rings. The summed E-state index contributed by atoms with van der Waals surface area (Å²) in [5.41, 5.74) is 0. The Bertz CT molecular complexity index is 364. The maximum atomic E-state index is 11.9. The highest BCUT2D eigenvalue weighted by molar-refractivity contribution is 7.92. The van der Waals surface area contributed by atoms with Gasteiger partial charge in [0.1, 0.15) is 0 Å². The van der Waals surface area contributed by atoms with Gasteiger partial charge in [0.05, 0.1) is 38.8 Å². The molecule has 0 aromatic rings. The van der Waals surface area contributed by atoms with Gasteiger partial charge in [-0.15, -0.1) is 0 Å². The van der Waals surface area contributed by atoms with Gasteiger partial charge in [0.2, 0.25) is 0 Å². The van der Waals surface area contributed by atoms with Crippen LogP contribution in [0.5, 0.6) is 0 Å². The standard InChI is InChI=1S/C12H24O7S/c1-10(2)11(12(13)14)20(15,16)9-8-19-7-6-18-5-4-17-3/h10-11H,4-9H2,1-3H3,(H,13,14). The van der Waals surface area contributed by atoms with E-state index in [1.165, 1.54) is 0 Å². The van der Waals surface area contributed by atoms with Gasteiger partial charge in [-0.2, -0.15) is 0 Å². The second-order valence-electron chi connectivity index (χ2n) is 4.59. The normalized spacial score (nSPS) is 13.6. The van der Waals surface area contributed by atoms with Crippen molar-refractivity contribution in [3.05, 3.63) is 0 Å². The highest BCUT2D eigenvalue weighted by Gasteiger charge is 2.34. The second-order valence-corrected chi connectivity index (χ2v) is 6.83. The average molecular weight is 312 g/mol. The number of sulfone groups is 1. The van der Waals surface area contributed by atoms with Gasteiger partial charge in [-0.3, -0.25) is 4.79 Å². The lowest BCUT2D eigenvalue weighted by molar-refractivity contribution is -0.137. The number of carboxylic acid groups (broad SMARTS) is 1. The third-order valence-corrected chi connectivity index (χ3v) is 4.81. The van der Waals surface area contributed by atoms with Crippen molar-refractivity contribution in [2.24, 2.45) is 5.92 Å². The fourth-order valence-electron chi connectivity index (χ4n) is 1.62. The zero-order chi connectivity index (χ0) is 15.6. The Morgan fingerprint density at radius 2 is 1.55 bits per heavy atom. The van der Waals surface area contributed by atoms with Crippen LogP contribution in [0, 0.1) is 5.92 Å². The molecule has 0 aliphatic carbocycles. The lowest BCUT2D eigenvalue weighted by Crippen LogP contribution is -2.37. The molecule has 0 saturated carbocycles. The van der Waals surface area contributed by atoms with Gasteiger partial charge in [-0.1, -0.05) is 13.8 Å². The molecule has 0 aliphatic heterocycles. The highest BCUT2D eigenvalue weighted by Crippen LogP contribution is 2.13. The first kappa shape index (κ1) is 19.3. The predicted molar refractivity (Wildman–Crippen MR) is 73.6 cm³/mol. The molecule has 7 nitrogen and oxygen atoms in total. The highest BCUT2D eigenvalue weighted by atomic mass is 32.2. The molecule has 20 heavy (non-hydrogen) atoms. The largest absolute Gasteiger partial charge is 0.480 e. The Hall–Kier alpha value is -0.700. The van der Waals surface area contributed by atoms with Gasteiger partial charge in [0.25, 0.3) is 0 Å². The van der Waals surface area contributed by atoms with Crippen LogP contribution in [0.3, 0.4) is 0 Å². The molecule has 1 unspecified atom stereocenters. The first-order valence-electron chi connectivity index (χ1n) is 6.41. The molecular formula is C12H24O7S. The second kappa shape index (κ2) is 10.1. The van der Waals surface area contributed by atoms with Crippen molar-refractivity contribution in [3.8, 4) is 0 Å². The first-order chi connectivity index (χ1) is 9.33. The van der Waals surface area contributed by atoms with Crippen molar-refractivity contribution in [1.29, 1.82) is 0 Å². The van der Waals surface area contributed by atoms with Crippen LogP contribution >= 0.6 is 0 Å². The summed E-state index contributed by atoms with van der Waals surface area (Å²) >= 11 is 0. The summed E-state index contributed by atoms with van der Waals surface area (Å²) in [5, 5.41) is 7.57. The van der Waals surface area contributed by atoms with Gasteiger partial charge in [0, 0.05) is 7.11 Å². The van der Waals surface area contributed by atoms with Crippen LogP contribution in [0.15, 0.2) is 0 Å². The zero-order valence-electron chi connectivity index (χ0n) is 12.2. The third-order valence-electron chi connectivity index (χ3n) is 2.55. The summed E-state index contributed by atoms with van der Waals surface area (Å²) in [7, 11) is -2.14. The minimum atomic E-state index is -3.71. The summed E-state index contributed by atoms with van der Waals surface area (Å²) in [5.74, 6) is -2.10. The minimum Gasteiger partial charge on any atom is -0.480 e. The van der Waals surface area contributed by atoms with Gasteiger partial charge in [-0.05, 0) is 5.92 Å². The van der Waals surface area contributed by atoms with Gasteiger partial charge >= 0.3 is 5.97 Å². The lowest BCUT2D eigenvalue weighted by atomic mass is 10.1. The number of hydrogen-bond donors (Lipinski definition) is 1. The number of rotatable bonds is 12. The van der Waals surface area contributed by atoms with E-state index in [2.05, 4.69) is 0 Å². The minimum absolute atomic E-state index is 0.0352. The molecule has 120 valence electrons. The quantitative estimate of drug-likeness (QED) is 0.513. The lowest BCUT2D eigenvalue weighted by Gasteiger charge is -2.16. The molecular weight excluding hydrogens is 288 g/mol. The maximum absolute atomic E-state index is 11.9. The summed E-state index contributed by atoms with van der Waals surface area (Å²) in [6.07, 6.45) is 0.